The lowest BCUT2D eigenvalue weighted by Crippen LogP contribution is -2.23. The van der Waals surface area contributed by atoms with Gasteiger partial charge >= 0.3 is 0 Å². The van der Waals surface area contributed by atoms with Gasteiger partial charge in [0, 0.05) is 10.6 Å². The maximum absolute atomic E-state index is 12.0. The number of thiophene rings is 1. The fraction of sp³-hybridized carbons (Fsp3) is 0.154. The van der Waals surface area contributed by atoms with Crippen LogP contribution in [0, 0.1) is 6.92 Å². The van der Waals surface area contributed by atoms with Crippen molar-refractivity contribution in [2.45, 2.75) is 13.5 Å². The van der Waals surface area contributed by atoms with Crippen LogP contribution in [0.1, 0.15) is 20.8 Å². The highest BCUT2D eigenvalue weighted by atomic mass is 79.9. The topological polar surface area (TPSA) is 55.1 Å². The summed E-state index contributed by atoms with van der Waals surface area (Å²) in [7, 11) is 0. The Morgan fingerprint density at radius 1 is 1.39 bits per heavy atom. The molecule has 0 fully saturated rings. The van der Waals surface area contributed by atoms with Crippen LogP contribution in [0.15, 0.2) is 34.1 Å². The zero-order valence-corrected chi connectivity index (χ0v) is 12.3. The Kier molecular flexibility index (Phi) is 4.04. The number of benzene rings is 1. The molecule has 0 atom stereocenters. The summed E-state index contributed by atoms with van der Waals surface area (Å²) in [4.78, 5) is 13.1. The molecule has 1 aromatic heterocycles. The average Bonchev–Trinajstić information content (AvgIpc) is 2.72. The molecule has 0 aliphatic heterocycles. The van der Waals surface area contributed by atoms with Crippen LogP contribution in [-0.4, -0.2) is 5.91 Å². The van der Waals surface area contributed by atoms with Crippen LogP contribution in [0.5, 0.6) is 0 Å². The highest BCUT2D eigenvalue weighted by Crippen LogP contribution is 2.22. The van der Waals surface area contributed by atoms with E-state index >= 15 is 0 Å². The number of nitrogen functional groups attached to an aromatic ring is 1. The fourth-order valence-electron chi connectivity index (χ4n) is 1.60. The van der Waals surface area contributed by atoms with Crippen LogP contribution in [0.3, 0.4) is 0 Å². The summed E-state index contributed by atoms with van der Waals surface area (Å²) in [5.74, 6) is -0.142. The number of rotatable bonds is 3. The SMILES string of the molecule is Cc1ccc(C(=O)NCc2ccc(Br)s2)c(N)c1. The van der Waals surface area contributed by atoms with E-state index in [0.717, 1.165) is 14.2 Å². The van der Waals surface area contributed by atoms with Crippen molar-refractivity contribution in [1.29, 1.82) is 0 Å². The molecular weight excluding hydrogens is 312 g/mol. The molecule has 1 amide bonds. The van der Waals surface area contributed by atoms with Gasteiger partial charge in [0.2, 0.25) is 0 Å². The number of amides is 1. The number of aryl methyl sites for hydroxylation is 1. The van der Waals surface area contributed by atoms with Crippen LogP contribution in [0.2, 0.25) is 0 Å². The molecule has 3 nitrogen and oxygen atoms in total. The molecule has 1 aromatic carbocycles. The van der Waals surface area contributed by atoms with Gasteiger partial charge in [0.1, 0.15) is 0 Å². The standard InChI is InChI=1S/C13H13BrN2OS/c1-8-2-4-10(11(15)6-8)13(17)16-7-9-3-5-12(14)18-9/h2-6H,7,15H2,1H3,(H,16,17). The Morgan fingerprint density at radius 3 is 2.78 bits per heavy atom. The minimum atomic E-state index is -0.142. The summed E-state index contributed by atoms with van der Waals surface area (Å²) >= 11 is 4.99. The van der Waals surface area contributed by atoms with Gasteiger partial charge in [-0.2, -0.15) is 0 Å². The highest BCUT2D eigenvalue weighted by molar-refractivity contribution is 9.11. The Bertz CT molecular complexity index is 580. The molecule has 0 aliphatic rings. The van der Waals surface area contributed by atoms with E-state index in [2.05, 4.69) is 21.2 Å². The summed E-state index contributed by atoms with van der Waals surface area (Å²) < 4.78 is 1.06. The minimum absolute atomic E-state index is 0.142. The van der Waals surface area contributed by atoms with Crippen LogP contribution in [0.25, 0.3) is 0 Å². The van der Waals surface area contributed by atoms with Gasteiger partial charge in [-0.1, -0.05) is 6.07 Å². The van der Waals surface area contributed by atoms with Crippen molar-refractivity contribution in [3.8, 4) is 0 Å². The number of carbonyl (C=O) groups is 1. The Hall–Kier alpha value is -1.33. The molecule has 2 aromatic rings. The largest absolute Gasteiger partial charge is 0.398 e. The van der Waals surface area contributed by atoms with E-state index in [9.17, 15) is 4.79 Å². The molecular formula is C13H13BrN2OS. The van der Waals surface area contributed by atoms with Crippen LogP contribution >= 0.6 is 27.3 Å². The maximum Gasteiger partial charge on any atom is 0.253 e. The zero-order chi connectivity index (χ0) is 13.1. The molecule has 94 valence electrons. The van der Waals surface area contributed by atoms with Gasteiger partial charge in [-0.25, -0.2) is 0 Å². The zero-order valence-electron chi connectivity index (χ0n) is 9.87. The second-order valence-electron chi connectivity index (χ2n) is 3.98. The predicted octanol–water partition coefficient (Wildman–Crippen LogP) is 3.33. The summed E-state index contributed by atoms with van der Waals surface area (Å²) in [6.45, 7) is 2.46. The normalized spacial score (nSPS) is 10.3. The summed E-state index contributed by atoms with van der Waals surface area (Å²) in [6, 6.07) is 9.38. The summed E-state index contributed by atoms with van der Waals surface area (Å²) in [6.07, 6.45) is 0. The van der Waals surface area contributed by atoms with E-state index in [1.165, 1.54) is 0 Å². The third-order valence-corrected chi connectivity index (χ3v) is 4.13. The van der Waals surface area contributed by atoms with E-state index in [4.69, 9.17) is 5.73 Å². The highest BCUT2D eigenvalue weighted by Gasteiger charge is 2.09. The van der Waals surface area contributed by atoms with Crippen molar-refractivity contribution in [3.05, 3.63) is 50.1 Å². The van der Waals surface area contributed by atoms with Crippen molar-refractivity contribution < 1.29 is 4.79 Å². The van der Waals surface area contributed by atoms with Gasteiger partial charge in [0.25, 0.3) is 5.91 Å². The quantitative estimate of drug-likeness (QED) is 0.851. The van der Waals surface area contributed by atoms with Crippen molar-refractivity contribution in [3.63, 3.8) is 0 Å². The third-order valence-electron chi connectivity index (χ3n) is 2.50. The van der Waals surface area contributed by atoms with E-state index in [1.807, 2.05) is 25.1 Å². The van der Waals surface area contributed by atoms with Crippen LogP contribution in [0.4, 0.5) is 5.69 Å². The first-order valence-electron chi connectivity index (χ1n) is 5.45. The minimum Gasteiger partial charge on any atom is -0.398 e. The Balaban J connectivity index is 2.03. The molecule has 1 heterocycles. The second-order valence-corrected chi connectivity index (χ2v) is 6.53. The molecule has 0 unspecified atom stereocenters. The first-order chi connectivity index (χ1) is 8.56. The van der Waals surface area contributed by atoms with Crippen LogP contribution in [-0.2, 0) is 6.54 Å². The lowest BCUT2D eigenvalue weighted by Gasteiger charge is -2.07. The molecule has 0 spiro atoms. The Labute approximate surface area is 118 Å². The lowest BCUT2D eigenvalue weighted by atomic mass is 10.1. The fourth-order valence-corrected chi connectivity index (χ4v) is 3.02. The van der Waals surface area contributed by atoms with Crippen molar-refractivity contribution >= 4 is 38.9 Å². The summed E-state index contributed by atoms with van der Waals surface area (Å²) in [5, 5.41) is 2.86. The van der Waals surface area contributed by atoms with Crippen molar-refractivity contribution in [2.24, 2.45) is 0 Å². The first-order valence-corrected chi connectivity index (χ1v) is 7.06. The van der Waals surface area contributed by atoms with E-state index in [0.29, 0.717) is 17.8 Å². The van der Waals surface area contributed by atoms with E-state index in [-0.39, 0.29) is 5.91 Å². The molecule has 18 heavy (non-hydrogen) atoms. The van der Waals surface area contributed by atoms with Gasteiger partial charge in [-0.15, -0.1) is 11.3 Å². The predicted molar refractivity (Wildman–Crippen MR) is 78.8 cm³/mol. The first kappa shape index (κ1) is 13.1. The number of hydrogen-bond donors (Lipinski definition) is 2. The molecule has 5 heteroatoms. The van der Waals surface area contributed by atoms with Gasteiger partial charge in [0.15, 0.2) is 0 Å². The smallest absolute Gasteiger partial charge is 0.253 e. The molecule has 3 N–H and O–H groups in total. The number of anilines is 1. The molecule has 2 rings (SSSR count). The Morgan fingerprint density at radius 2 is 2.17 bits per heavy atom. The molecule has 0 saturated carbocycles. The molecule has 0 saturated heterocycles. The van der Waals surface area contributed by atoms with Gasteiger partial charge < -0.3 is 11.1 Å². The van der Waals surface area contributed by atoms with Gasteiger partial charge in [0.05, 0.1) is 15.9 Å². The second kappa shape index (κ2) is 5.54. The summed E-state index contributed by atoms with van der Waals surface area (Å²) in [5.41, 5.74) is 7.92. The number of halogens is 1. The van der Waals surface area contributed by atoms with Gasteiger partial charge in [-0.05, 0) is 52.7 Å². The number of nitrogens with one attached hydrogen (secondary N) is 1. The van der Waals surface area contributed by atoms with Gasteiger partial charge in [-0.3, -0.25) is 4.79 Å². The van der Waals surface area contributed by atoms with E-state index in [1.54, 1.807) is 23.5 Å². The monoisotopic (exact) mass is 324 g/mol. The molecule has 0 aliphatic carbocycles. The molecule has 0 radical (unpaired) electrons. The third kappa shape index (κ3) is 3.11. The lowest BCUT2D eigenvalue weighted by molar-refractivity contribution is 0.0952. The maximum atomic E-state index is 12.0. The number of carbonyl (C=O) groups excluding carboxylic acids is 1. The van der Waals surface area contributed by atoms with Crippen molar-refractivity contribution in [1.82, 2.24) is 5.32 Å². The van der Waals surface area contributed by atoms with Crippen molar-refractivity contribution in [2.75, 3.05) is 5.73 Å². The van der Waals surface area contributed by atoms with E-state index < -0.39 is 0 Å². The average molecular weight is 325 g/mol. The number of nitrogens with two attached hydrogens (primary N) is 1. The molecule has 0 bridgehead atoms. The van der Waals surface area contributed by atoms with Crippen LogP contribution < -0.4 is 11.1 Å². The number of hydrogen-bond acceptors (Lipinski definition) is 3.